The van der Waals surface area contributed by atoms with Crippen LogP contribution < -0.4 is 4.90 Å². The molecule has 1 fully saturated rings. The molecule has 1 aromatic carbocycles. The summed E-state index contributed by atoms with van der Waals surface area (Å²) < 4.78 is 0. The fraction of sp³-hybridized carbons (Fsp3) is 0.600. The molecule has 1 atom stereocenters. The first-order chi connectivity index (χ1) is 9.54. The summed E-state index contributed by atoms with van der Waals surface area (Å²) in [5.41, 5.74) is 1.36. The second-order valence-corrected chi connectivity index (χ2v) is 5.41. The van der Waals surface area contributed by atoms with Gasteiger partial charge in [-0.3, -0.25) is 10.1 Å². The maximum atomic E-state index is 11.3. The Morgan fingerprint density at radius 2 is 2.10 bits per heavy atom. The number of nitrogens with zero attached hydrogens (tertiary/aromatic N) is 2. The first kappa shape index (κ1) is 14.8. The molecular formula is C15H22N2O3. The van der Waals surface area contributed by atoms with E-state index in [0.717, 1.165) is 19.4 Å². The molecule has 0 unspecified atom stereocenters. The smallest absolute Gasteiger partial charge is 0.292 e. The highest BCUT2D eigenvalue weighted by molar-refractivity contribution is 5.65. The minimum atomic E-state index is -0.690. The Kier molecular flexibility index (Phi) is 4.60. The van der Waals surface area contributed by atoms with E-state index in [0.29, 0.717) is 17.3 Å². The predicted octanol–water partition coefficient (Wildman–Crippen LogP) is 3.42. The van der Waals surface area contributed by atoms with Crippen LogP contribution in [0, 0.1) is 10.1 Å². The molecule has 5 nitrogen and oxygen atoms in total. The van der Waals surface area contributed by atoms with Gasteiger partial charge < -0.3 is 10.0 Å². The zero-order valence-electron chi connectivity index (χ0n) is 12.1. The van der Waals surface area contributed by atoms with Crippen molar-refractivity contribution in [2.45, 2.75) is 51.7 Å². The number of aliphatic hydroxyl groups excluding tert-OH is 1. The number of benzene rings is 1. The van der Waals surface area contributed by atoms with Gasteiger partial charge in [0.1, 0.15) is 5.69 Å². The number of anilines is 1. The molecular weight excluding hydrogens is 256 g/mol. The average molecular weight is 278 g/mol. The van der Waals surface area contributed by atoms with Gasteiger partial charge >= 0.3 is 0 Å². The Hall–Kier alpha value is -1.62. The molecule has 0 spiro atoms. The van der Waals surface area contributed by atoms with Crippen LogP contribution in [0.5, 0.6) is 0 Å². The molecule has 1 aromatic rings. The van der Waals surface area contributed by atoms with Crippen LogP contribution in [0.1, 0.15) is 51.2 Å². The minimum Gasteiger partial charge on any atom is -0.389 e. The van der Waals surface area contributed by atoms with E-state index in [9.17, 15) is 15.2 Å². The zero-order chi connectivity index (χ0) is 14.7. The summed E-state index contributed by atoms with van der Waals surface area (Å²) in [6.45, 7) is 4.41. The van der Waals surface area contributed by atoms with E-state index in [-0.39, 0.29) is 10.6 Å². The van der Waals surface area contributed by atoms with Crippen molar-refractivity contribution in [1.29, 1.82) is 0 Å². The fourth-order valence-electron chi connectivity index (χ4n) is 3.03. The van der Waals surface area contributed by atoms with E-state index < -0.39 is 6.10 Å². The Labute approximate surface area is 119 Å². The lowest BCUT2D eigenvalue weighted by molar-refractivity contribution is -0.384. The summed E-state index contributed by atoms with van der Waals surface area (Å²) >= 11 is 0. The van der Waals surface area contributed by atoms with Gasteiger partial charge in [0.05, 0.1) is 11.0 Å². The number of rotatable bonds is 5. The van der Waals surface area contributed by atoms with Crippen LogP contribution in [0.15, 0.2) is 18.2 Å². The second kappa shape index (κ2) is 6.22. The highest BCUT2D eigenvalue weighted by Crippen LogP contribution is 2.35. The van der Waals surface area contributed by atoms with Gasteiger partial charge in [-0.25, -0.2) is 0 Å². The average Bonchev–Trinajstić information content (AvgIpc) is 2.93. The lowest BCUT2D eigenvalue weighted by Crippen LogP contribution is -2.33. The Balaban J connectivity index is 2.40. The van der Waals surface area contributed by atoms with Gasteiger partial charge in [-0.15, -0.1) is 0 Å². The molecule has 110 valence electrons. The highest BCUT2D eigenvalue weighted by Gasteiger charge is 2.27. The number of hydrogen-bond donors (Lipinski definition) is 1. The Bertz CT molecular complexity index is 482. The van der Waals surface area contributed by atoms with E-state index in [1.54, 1.807) is 19.1 Å². The van der Waals surface area contributed by atoms with Crippen molar-refractivity contribution in [3.05, 3.63) is 33.9 Å². The minimum absolute atomic E-state index is 0.0946. The summed E-state index contributed by atoms with van der Waals surface area (Å²) in [5, 5.41) is 20.9. The van der Waals surface area contributed by atoms with Crippen molar-refractivity contribution in [3.63, 3.8) is 0 Å². The summed E-state index contributed by atoms with van der Waals surface area (Å²) in [4.78, 5) is 13.1. The molecule has 0 heterocycles. The fourth-order valence-corrected chi connectivity index (χ4v) is 3.03. The van der Waals surface area contributed by atoms with Gasteiger partial charge in [0, 0.05) is 18.7 Å². The van der Waals surface area contributed by atoms with Crippen LogP contribution in [-0.4, -0.2) is 22.6 Å². The summed E-state index contributed by atoms with van der Waals surface area (Å²) in [5.74, 6) is 0. The largest absolute Gasteiger partial charge is 0.389 e. The normalized spacial score (nSPS) is 17.1. The van der Waals surface area contributed by atoms with Crippen molar-refractivity contribution < 1.29 is 10.0 Å². The summed E-state index contributed by atoms with van der Waals surface area (Å²) in [6.07, 6.45) is 3.90. The molecule has 0 aromatic heterocycles. The third kappa shape index (κ3) is 2.93. The quantitative estimate of drug-likeness (QED) is 0.662. The van der Waals surface area contributed by atoms with Crippen LogP contribution in [-0.2, 0) is 0 Å². The molecule has 0 amide bonds. The van der Waals surface area contributed by atoms with Gasteiger partial charge in [0.15, 0.2) is 0 Å². The van der Waals surface area contributed by atoms with Crippen molar-refractivity contribution in [3.8, 4) is 0 Å². The van der Waals surface area contributed by atoms with Gasteiger partial charge in [-0.1, -0.05) is 18.9 Å². The van der Waals surface area contributed by atoms with Crippen LogP contribution in [0.4, 0.5) is 11.4 Å². The van der Waals surface area contributed by atoms with Crippen molar-refractivity contribution in [2.24, 2.45) is 0 Å². The molecule has 1 saturated carbocycles. The van der Waals surface area contributed by atoms with Crippen LogP contribution in [0.2, 0.25) is 0 Å². The molecule has 2 rings (SSSR count). The molecule has 20 heavy (non-hydrogen) atoms. The van der Waals surface area contributed by atoms with E-state index in [4.69, 9.17) is 0 Å². The number of aliphatic hydroxyl groups is 1. The van der Waals surface area contributed by atoms with Gasteiger partial charge in [0.2, 0.25) is 0 Å². The molecule has 0 radical (unpaired) electrons. The maximum absolute atomic E-state index is 11.3. The molecule has 0 aliphatic heterocycles. The SMILES string of the molecule is CCN(c1ccc([C@H](C)O)cc1[N+](=O)[O-])C1CCCC1. The van der Waals surface area contributed by atoms with Gasteiger partial charge in [-0.2, -0.15) is 0 Å². The maximum Gasteiger partial charge on any atom is 0.292 e. The van der Waals surface area contributed by atoms with Crippen molar-refractivity contribution in [1.82, 2.24) is 0 Å². The van der Waals surface area contributed by atoms with Crippen LogP contribution in [0.25, 0.3) is 0 Å². The Morgan fingerprint density at radius 3 is 2.60 bits per heavy atom. The van der Waals surface area contributed by atoms with E-state index in [1.165, 1.54) is 18.9 Å². The van der Waals surface area contributed by atoms with Gasteiger partial charge in [0.25, 0.3) is 5.69 Å². The zero-order valence-corrected chi connectivity index (χ0v) is 12.1. The molecule has 0 bridgehead atoms. The first-order valence-electron chi connectivity index (χ1n) is 7.27. The van der Waals surface area contributed by atoms with E-state index in [1.807, 2.05) is 6.92 Å². The number of nitro benzene ring substituents is 1. The molecule has 1 aliphatic carbocycles. The summed E-state index contributed by atoms with van der Waals surface area (Å²) in [6, 6.07) is 5.46. The van der Waals surface area contributed by atoms with E-state index >= 15 is 0 Å². The third-order valence-corrected chi connectivity index (χ3v) is 4.09. The number of nitro groups is 1. The molecule has 5 heteroatoms. The molecule has 1 N–H and O–H groups in total. The second-order valence-electron chi connectivity index (χ2n) is 5.41. The predicted molar refractivity (Wildman–Crippen MR) is 79.0 cm³/mol. The topological polar surface area (TPSA) is 66.6 Å². The molecule has 0 saturated heterocycles. The summed E-state index contributed by atoms with van der Waals surface area (Å²) in [7, 11) is 0. The highest BCUT2D eigenvalue weighted by atomic mass is 16.6. The lowest BCUT2D eigenvalue weighted by Gasteiger charge is -2.29. The Morgan fingerprint density at radius 1 is 1.45 bits per heavy atom. The number of hydrogen-bond acceptors (Lipinski definition) is 4. The lowest BCUT2D eigenvalue weighted by atomic mass is 10.1. The van der Waals surface area contributed by atoms with Crippen molar-refractivity contribution >= 4 is 11.4 Å². The van der Waals surface area contributed by atoms with Crippen molar-refractivity contribution in [2.75, 3.05) is 11.4 Å². The van der Waals surface area contributed by atoms with E-state index in [2.05, 4.69) is 4.90 Å². The first-order valence-corrected chi connectivity index (χ1v) is 7.27. The van der Waals surface area contributed by atoms with Gasteiger partial charge in [-0.05, 0) is 38.3 Å². The molecule has 1 aliphatic rings. The van der Waals surface area contributed by atoms with Crippen LogP contribution in [0.3, 0.4) is 0 Å². The third-order valence-electron chi connectivity index (χ3n) is 4.09. The monoisotopic (exact) mass is 278 g/mol. The van der Waals surface area contributed by atoms with Crippen LogP contribution >= 0.6 is 0 Å². The standard InChI is InChI=1S/C15H22N2O3/c1-3-16(13-6-4-5-7-13)14-9-8-12(11(2)18)10-15(14)17(19)20/h8-11,13,18H,3-7H2,1-2H3/t11-/m0/s1.